The molecule has 0 bridgehead atoms. The van der Waals surface area contributed by atoms with Crippen LogP contribution < -0.4 is 0 Å². The lowest BCUT2D eigenvalue weighted by molar-refractivity contribution is 0.506. The summed E-state index contributed by atoms with van der Waals surface area (Å²) in [5.41, 5.74) is 3.49. The fraction of sp³-hybridized carbons (Fsp3) is 0.471. The maximum Gasteiger partial charge on any atom is 0.208 e. The standard InChI is InChI=1S/C17H19NO/c1-4-17(2,3)12-7-8-14-13(9-12)16(11-5-6-11)15(10-18)19-14/h7-9,11H,4-6H2,1-3H3. The zero-order valence-corrected chi connectivity index (χ0v) is 11.8. The van der Waals surface area contributed by atoms with Crippen molar-refractivity contribution in [2.75, 3.05) is 0 Å². The van der Waals surface area contributed by atoms with Crippen LogP contribution in [0.3, 0.4) is 0 Å². The maximum absolute atomic E-state index is 9.23. The molecule has 1 aliphatic rings. The van der Waals surface area contributed by atoms with E-state index in [1.54, 1.807) is 0 Å². The smallest absolute Gasteiger partial charge is 0.208 e. The van der Waals surface area contributed by atoms with Gasteiger partial charge in [0.25, 0.3) is 0 Å². The highest BCUT2D eigenvalue weighted by Gasteiger charge is 2.31. The molecule has 1 fully saturated rings. The van der Waals surface area contributed by atoms with Crippen LogP contribution in [0.2, 0.25) is 0 Å². The Labute approximate surface area is 114 Å². The Balaban J connectivity index is 2.22. The maximum atomic E-state index is 9.23. The van der Waals surface area contributed by atoms with E-state index in [-0.39, 0.29) is 5.41 Å². The molecule has 0 N–H and O–H groups in total. The Hall–Kier alpha value is -1.75. The van der Waals surface area contributed by atoms with E-state index in [1.165, 1.54) is 18.4 Å². The minimum absolute atomic E-state index is 0.166. The lowest BCUT2D eigenvalue weighted by Crippen LogP contribution is -2.15. The van der Waals surface area contributed by atoms with Gasteiger partial charge in [-0.2, -0.15) is 5.26 Å². The zero-order valence-electron chi connectivity index (χ0n) is 11.8. The quantitative estimate of drug-likeness (QED) is 0.782. The van der Waals surface area contributed by atoms with E-state index in [0.717, 1.165) is 23.0 Å². The van der Waals surface area contributed by atoms with E-state index in [0.29, 0.717) is 11.7 Å². The highest BCUT2D eigenvalue weighted by Crippen LogP contribution is 2.46. The fourth-order valence-corrected chi connectivity index (χ4v) is 2.60. The minimum Gasteiger partial charge on any atom is -0.445 e. The molecular weight excluding hydrogens is 234 g/mol. The first-order valence-electron chi connectivity index (χ1n) is 7.04. The molecule has 0 radical (unpaired) electrons. The Morgan fingerprint density at radius 3 is 2.68 bits per heavy atom. The Bertz CT molecular complexity index is 668. The first kappa shape index (κ1) is 12.3. The first-order chi connectivity index (χ1) is 9.06. The lowest BCUT2D eigenvalue weighted by atomic mass is 9.81. The molecule has 2 heteroatoms. The molecule has 2 aromatic rings. The third-order valence-corrected chi connectivity index (χ3v) is 4.48. The molecule has 1 saturated carbocycles. The second-order valence-corrected chi connectivity index (χ2v) is 6.18. The lowest BCUT2D eigenvalue weighted by Gasteiger charge is -2.23. The average molecular weight is 253 g/mol. The van der Waals surface area contributed by atoms with E-state index >= 15 is 0 Å². The molecule has 0 amide bonds. The summed E-state index contributed by atoms with van der Waals surface area (Å²) in [6.45, 7) is 6.73. The summed E-state index contributed by atoms with van der Waals surface area (Å²) in [4.78, 5) is 0. The van der Waals surface area contributed by atoms with Gasteiger partial charge in [-0.15, -0.1) is 0 Å². The van der Waals surface area contributed by atoms with Gasteiger partial charge in [0.05, 0.1) is 0 Å². The summed E-state index contributed by atoms with van der Waals surface area (Å²) in [5.74, 6) is 1.06. The first-order valence-corrected chi connectivity index (χ1v) is 7.04. The van der Waals surface area contributed by atoms with E-state index in [1.807, 2.05) is 6.07 Å². The third-order valence-electron chi connectivity index (χ3n) is 4.48. The summed E-state index contributed by atoms with van der Waals surface area (Å²) >= 11 is 0. The van der Waals surface area contributed by atoms with Crippen molar-refractivity contribution in [1.82, 2.24) is 0 Å². The van der Waals surface area contributed by atoms with Crippen LogP contribution in [0.1, 0.15) is 62.8 Å². The van der Waals surface area contributed by atoms with Crippen LogP contribution in [0.15, 0.2) is 22.6 Å². The summed E-state index contributed by atoms with van der Waals surface area (Å²) in [6.07, 6.45) is 3.47. The highest BCUT2D eigenvalue weighted by atomic mass is 16.3. The van der Waals surface area contributed by atoms with Crippen molar-refractivity contribution < 1.29 is 4.42 Å². The number of nitriles is 1. The topological polar surface area (TPSA) is 36.9 Å². The summed E-state index contributed by atoms with van der Waals surface area (Å²) < 4.78 is 5.69. The van der Waals surface area contributed by atoms with Gasteiger partial charge in [0.2, 0.25) is 5.76 Å². The van der Waals surface area contributed by atoms with Crippen LogP contribution in [0.4, 0.5) is 0 Å². The normalized spacial score (nSPS) is 15.7. The molecule has 3 rings (SSSR count). The van der Waals surface area contributed by atoms with Gasteiger partial charge in [-0.3, -0.25) is 0 Å². The van der Waals surface area contributed by atoms with Crippen molar-refractivity contribution in [1.29, 1.82) is 5.26 Å². The SMILES string of the molecule is CCC(C)(C)c1ccc2oc(C#N)c(C3CC3)c2c1. The van der Waals surface area contributed by atoms with Gasteiger partial charge in [-0.05, 0) is 48.3 Å². The molecule has 1 aliphatic carbocycles. The van der Waals surface area contributed by atoms with Crippen molar-refractivity contribution in [2.24, 2.45) is 0 Å². The largest absolute Gasteiger partial charge is 0.445 e. The van der Waals surface area contributed by atoms with Crippen molar-refractivity contribution >= 4 is 11.0 Å². The molecule has 2 nitrogen and oxygen atoms in total. The van der Waals surface area contributed by atoms with Crippen molar-refractivity contribution in [2.45, 2.75) is 51.4 Å². The van der Waals surface area contributed by atoms with Gasteiger partial charge in [0.1, 0.15) is 11.7 Å². The molecule has 0 saturated heterocycles. The second kappa shape index (κ2) is 4.13. The van der Waals surface area contributed by atoms with Crippen LogP contribution in [0.25, 0.3) is 11.0 Å². The van der Waals surface area contributed by atoms with E-state index in [9.17, 15) is 5.26 Å². The van der Waals surface area contributed by atoms with Gasteiger partial charge in [-0.25, -0.2) is 0 Å². The third kappa shape index (κ3) is 1.94. The van der Waals surface area contributed by atoms with E-state index in [4.69, 9.17) is 4.42 Å². The van der Waals surface area contributed by atoms with Gasteiger partial charge < -0.3 is 4.42 Å². The number of rotatable bonds is 3. The molecule has 0 spiro atoms. The van der Waals surface area contributed by atoms with E-state index in [2.05, 4.69) is 39.0 Å². The molecular formula is C17H19NO. The molecule has 98 valence electrons. The van der Waals surface area contributed by atoms with E-state index < -0.39 is 0 Å². The van der Waals surface area contributed by atoms with Crippen molar-refractivity contribution in [3.05, 3.63) is 35.1 Å². The molecule has 19 heavy (non-hydrogen) atoms. The zero-order chi connectivity index (χ0) is 13.6. The Morgan fingerprint density at radius 2 is 2.11 bits per heavy atom. The predicted molar refractivity (Wildman–Crippen MR) is 76.2 cm³/mol. The van der Waals surface area contributed by atoms with Crippen molar-refractivity contribution in [3.63, 3.8) is 0 Å². The number of fused-ring (bicyclic) bond motifs is 1. The molecule has 1 heterocycles. The minimum atomic E-state index is 0.166. The summed E-state index contributed by atoms with van der Waals surface area (Å²) in [6, 6.07) is 8.60. The average Bonchev–Trinajstić information content (AvgIpc) is 3.18. The fourth-order valence-electron chi connectivity index (χ4n) is 2.60. The van der Waals surface area contributed by atoms with Crippen molar-refractivity contribution in [3.8, 4) is 6.07 Å². The van der Waals surface area contributed by atoms with Crippen LogP contribution in [0, 0.1) is 11.3 Å². The Morgan fingerprint density at radius 1 is 1.37 bits per heavy atom. The number of hydrogen-bond donors (Lipinski definition) is 0. The Kier molecular flexibility index (Phi) is 2.67. The molecule has 1 aromatic heterocycles. The van der Waals surface area contributed by atoms with Crippen LogP contribution >= 0.6 is 0 Å². The monoisotopic (exact) mass is 253 g/mol. The van der Waals surface area contributed by atoms with Gasteiger partial charge >= 0.3 is 0 Å². The van der Waals surface area contributed by atoms with Crippen LogP contribution in [0.5, 0.6) is 0 Å². The molecule has 0 unspecified atom stereocenters. The molecule has 0 aliphatic heterocycles. The van der Waals surface area contributed by atoms with Gasteiger partial charge in [0, 0.05) is 10.9 Å². The van der Waals surface area contributed by atoms with Gasteiger partial charge in [0.15, 0.2) is 0 Å². The van der Waals surface area contributed by atoms with Crippen LogP contribution in [-0.2, 0) is 5.41 Å². The summed E-state index contributed by atoms with van der Waals surface area (Å²) in [7, 11) is 0. The number of nitrogens with zero attached hydrogens (tertiary/aromatic N) is 1. The highest BCUT2D eigenvalue weighted by molar-refractivity contribution is 5.85. The van der Waals surface area contributed by atoms with Crippen LogP contribution in [-0.4, -0.2) is 0 Å². The number of benzene rings is 1. The number of furan rings is 1. The second-order valence-electron chi connectivity index (χ2n) is 6.18. The summed E-state index contributed by atoms with van der Waals surface area (Å²) in [5, 5.41) is 10.4. The number of hydrogen-bond acceptors (Lipinski definition) is 2. The predicted octanol–water partition coefficient (Wildman–Crippen LogP) is 4.87. The molecule has 0 atom stereocenters. The molecule has 1 aromatic carbocycles. The van der Waals surface area contributed by atoms with Gasteiger partial charge in [-0.1, -0.05) is 26.8 Å².